The number of aryl methyl sites for hydroxylation is 1. The molecule has 0 aliphatic carbocycles. The number of rotatable bonds is 8. The number of amides is 2. The van der Waals surface area contributed by atoms with Crippen LogP contribution in [0.2, 0.25) is 0 Å². The van der Waals surface area contributed by atoms with Gasteiger partial charge in [0.05, 0.1) is 33.8 Å². The average Bonchev–Trinajstić information content (AvgIpc) is 3.69. The smallest absolute Gasteiger partial charge is 0.261 e. The summed E-state index contributed by atoms with van der Waals surface area (Å²) in [5, 5.41) is 22.1. The van der Waals surface area contributed by atoms with Gasteiger partial charge in [-0.1, -0.05) is 53.7 Å². The molecule has 8 nitrogen and oxygen atoms in total. The van der Waals surface area contributed by atoms with Crippen molar-refractivity contribution in [2.24, 2.45) is 12.1 Å². The van der Waals surface area contributed by atoms with E-state index in [1.54, 1.807) is 27.0 Å². The summed E-state index contributed by atoms with van der Waals surface area (Å²) < 4.78 is 1.80. The number of hydrazone groups is 1. The fourth-order valence-electron chi connectivity index (χ4n) is 3.85. The zero-order valence-electron chi connectivity index (χ0n) is 19.7. The van der Waals surface area contributed by atoms with Crippen molar-refractivity contribution in [3.63, 3.8) is 0 Å². The first-order chi connectivity index (χ1) is 17.5. The Labute approximate surface area is 221 Å². The molecule has 184 valence electrons. The van der Waals surface area contributed by atoms with E-state index >= 15 is 0 Å². The molecule has 1 N–H and O–H groups in total. The summed E-state index contributed by atoms with van der Waals surface area (Å²) in [5.41, 5.74) is 3.17. The van der Waals surface area contributed by atoms with Crippen LogP contribution in [0.5, 0.6) is 0 Å². The monoisotopic (exact) mass is 536 g/mol. The number of carbonyl (C=O) groups excluding carboxylic acids is 2. The molecule has 2 amide bonds. The van der Waals surface area contributed by atoms with Crippen molar-refractivity contribution in [3.05, 3.63) is 86.0 Å². The van der Waals surface area contributed by atoms with E-state index in [2.05, 4.69) is 39.8 Å². The van der Waals surface area contributed by atoms with Gasteiger partial charge in [-0.25, -0.2) is 5.01 Å². The number of thiophene rings is 2. The fraction of sp³-hybridized carbons (Fsp3) is 0.240. The molecule has 11 heteroatoms. The van der Waals surface area contributed by atoms with E-state index in [0.29, 0.717) is 22.3 Å². The summed E-state index contributed by atoms with van der Waals surface area (Å²) in [6.45, 7) is 2.30. The Kier molecular flexibility index (Phi) is 7.30. The average molecular weight is 537 g/mol. The number of thioether (sulfide) groups is 1. The van der Waals surface area contributed by atoms with Crippen molar-refractivity contribution in [2.75, 3.05) is 5.75 Å². The first-order valence-electron chi connectivity index (χ1n) is 11.3. The van der Waals surface area contributed by atoms with Crippen LogP contribution in [0, 0.1) is 6.92 Å². The van der Waals surface area contributed by atoms with Crippen molar-refractivity contribution in [1.29, 1.82) is 0 Å². The summed E-state index contributed by atoms with van der Waals surface area (Å²) in [5.74, 6) is 0.559. The summed E-state index contributed by atoms with van der Waals surface area (Å²) >= 11 is 4.33. The van der Waals surface area contributed by atoms with Crippen molar-refractivity contribution < 1.29 is 9.59 Å². The van der Waals surface area contributed by atoms with Crippen molar-refractivity contribution >= 4 is 52.0 Å². The Hall–Kier alpha value is -3.28. The molecule has 5 rings (SSSR count). The molecule has 0 radical (unpaired) electrons. The lowest BCUT2D eigenvalue weighted by Gasteiger charge is -2.22. The third kappa shape index (κ3) is 5.28. The predicted molar refractivity (Wildman–Crippen MR) is 143 cm³/mol. The molecule has 4 aromatic rings. The van der Waals surface area contributed by atoms with Gasteiger partial charge in [0, 0.05) is 13.5 Å². The standard InChI is InChI=1S/C25H24N6O2S3/c1-16-7-9-17(10-8-16)19-13-18(20-5-3-11-34-20)29-31(19)23(32)15-36-25-28-27-22(30(25)2)14-26-24(33)21-6-4-12-35-21/h3-12,19H,13-15H2,1-2H3,(H,26,33)/t19-/m0/s1. The Morgan fingerprint density at radius 2 is 1.86 bits per heavy atom. The highest BCUT2D eigenvalue weighted by molar-refractivity contribution is 7.99. The van der Waals surface area contributed by atoms with Crippen molar-refractivity contribution in [1.82, 2.24) is 25.1 Å². The van der Waals surface area contributed by atoms with E-state index in [0.717, 1.165) is 16.2 Å². The van der Waals surface area contributed by atoms with E-state index in [1.165, 1.54) is 28.7 Å². The highest BCUT2D eigenvalue weighted by atomic mass is 32.2. The SMILES string of the molecule is Cc1ccc([C@@H]2CC(c3cccs3)=NN2C(=O)CSc2nnc(CNC(=O)c3cccs3)n2C)cc1. The lowest BCUT2D eigenvalue weighted by Crippen LogP contribution is -2.28. The molecular weight excluding hydrogens is 513 g/mol. The number of hydrogen-bond acceptors (Lipinski definition) is 8. The second-order valence-corrected chi connectivity index (χ2v) is 11.1. The van der Waals surface area contributed by atoms with E-state index in [-0.39, 0.29) is 30.2 Å². The quantitative estimate of drug-likeness (QED) is 0.331. The van der Waals surface area contributed by atoms with Gasteiger partial charge in [-0.2, -0.15) is 5.10 Å². The largest absolute Gasteiger partial charge is 0.344 e. The second-order valence-electron chi connectivity index (χ2n) is 8.30. The first-order valence-corrected chi connectivity index (χ1v) is 14.1. The number of nitrogens with zero attached hydrogens (tertiary/aromatic N) is 5. The van der Waals surface area contributed by atoms with Gasteiger partial charge in [-0.3, -0.25) is 9.59 Å². The molecule has 0 bridgehead atoms. The van der Waals surface area contributed by atoms with Gasteiger partial charge < -0.3 is 9.88 Å². The van der Waals surface area contributed by atoms with Gasteiger partial charge in [0.1, 0.15) is 0 Å². The Bertz CT molecular complexity index is 1380. The zero-order chi connectivity index (χ0) is 25.1. The number of nitrogens with one attached hydrogen (secondary N) is 1. The molecule has 0 unspecified atom stereocenters. The summed E-state index contributed by atoms with van der Waals surface area (Å²) in [6, 6.07) is 15.8. The van der Waals surface area contributed by atoms with Crippen LogP contribution in [0.25, 0.3) is 0 Å². The van der Waals surface area contributed by atoms with Gasteiger partial charge in [-0.15, -0.1) is 32.9 Å². The lowest BCUT2D eigenvalue weighted by molar-refractivity contribution is -0.130. The molecule has 0 saturated heterocycles. The molecule has 4 heterocycles. The van der Waals surface area contributed by atoms with Crippen molar-refractivity contribution in [3.8, 4) is 0 Å². The molecular formula is C25H24N6O2S3. The number of benzene rings is 1. The molecule has 0 fully saturated rings. The van der Waals surface area contributed by atoms with Crippen molar-refractivity contribution in [2.45, 2.75) is 31.1 Å². The Morgan fingerprint density at radius 3 is 2.58 bits per heavy atom. The van der Waals surface area contributed by atoms with Crippen LogP contribution in [0.3, 0.4) is 0 Å². The molecule has 36 heavy (non-hydrogen) atoms. The van der Waals surface area contributed by atoms with E-state index < -0.39 is 0 Å². The minimum absolute atomic E-state index is 0.0901. The topological polar surface area (TPSA) is 92.5 Å². The molecule has 1 aromatic carbocycles. The number of aromatic nitrogens is 3. The van der Waals surface area contributed by atoms with Gasteiger partial charge >= 0.3 is 0 Å². The maximum Gasteiger partial charge on any atom is 0.261 e. The molecule has 3 aromatic heterocycles. The Balaban J connectivity index is 1.26. The van der Waals surface area contributed by atoms with Gasteiger partial charge in [0.2, 0.25) is 0 Å². The number of hydrogen-bond donors (Lipinski definition) is 1. The van der Waals surface area contributed by atoms with Gasteiger partial charge in [0.25, 0.3) is 11.8 Å². The highest BCUT2D eigenvalue weighted by Gasteiger charge is 2.33. The minimum atomic E-state index is -0.145. The molecule has 0 spiro atoms. The van der Waals surface area contributed by atoms with Crippen LogP contribution < -0.4 is 5.32 Å². The summed E-state index contributed by atoms with van der Waals surface area (Å²) in [7, 11) is 1.83. The lowest BCUT2D eigenvalue weighted by atomic mass is 10.00. The maximum absolute atomic E-state index is 13.3. The molecule has 0 saturated carbocycles. The van der Waals surface area contributed by atoms with Crippen LogP contribution in [-0.4, -0.2) is 43.1 Å². The van der Waals surface area contributed by atoms with Crippen LogP contribution in [0.1, 0.15) is 44.0 Å². The Morgan fingerprint density at radius 1 is 1.08 bits per heavy atom. The molecule has 1 atom stereocenters. The predicted octanol–water partition coefficient (Wildman–Crippen LogP) is 4.65. The summed E-state index contributed by atoms with van der Waals surface area (Å²) in [4.78, 5) is 27.3. The van der Waals surface area contributed by atoms with E-state index in [4.69, 9.17) is 5.10 Å². The summed E-state index contributed by atoms with van der Waals surface area (Å²) in [6.07, 6.45) is 0.679. The minimum Gasteiger partial charge on any atom is -0.344 e. The fourth-order valence-corrected chi connectivity index (χ4v) is 5.99. The highest BCUT2D eigenvalue weighted by Crippen LogP contribution is 2.34. The third-order valence-electron chi connectivity index (χ3n) is 5.84. The van der Waals surface area contributed by atoms with E-state index in [1.807, 2.05) is 42.9 Å². The van der Waals surface area contributed by atoms with Crippen LogP contribution in [-0.2, 0) is 18.4 Å². The molecule has 1 aliphatic rings. The zero-order valence-corrected chi connectivity index (χ0v) is 22.2. The third-order valence-corrected chi connectivity index (χ3v) is 8.63. The van der Waals surface area contributed by atoms with Crippen LogP contribution in [0.4, 0.5) is 0 Å². The van der Waals surface area contributed by atoms with Crippen LogP contribution >= 0.6 is 34.4 Å². The van der Waals surface area contributed by atoms with Gasteiger partial charge in [0.15, 0.2) is 11.0 Å². The molecule has 1 aliphatic heterocycles. The first kappa shape index (κ1) is 24.4. The maximum atomic E-state index is 13.3. The van der Waals surface area contributed by atoms with Crippen LogP contribution in [0.15, 0.2) is 69.5 Å². The van der Waals surface area contributed by atoms with E-state index in [9.17, 15) is 9.59 Å². The van der Waals surface area contributed by atoms with Gasteiger partial charge in [-0.05, 0) is 35.4 Å². The number of carbonyl (C=O) groups is 2. The second kappa shape index (κ2) is 10.8. The normalized spacial score (nSPS) is 15.2.